The van der Waals surface area contributed by atoms with Gasteiger partial charge in [0.25, 0.3) is 5.91 Å². The Bertz CT molecular complexity index is 1800. The van der Waals surface area contributed by atoms with Crippen molar-refractivity contribution in [1.82, 2.24) is 30.8 Å². The topological polar surface area (TPSA) is 403 Å². The van der Waals surface area contributed by atoms with E-state index in [9.17, 15) is 55.5 Å². The number of guanidine groups is 1. The van der Waals surface area contributed by atoms with Crippen molar-refractivity contribution in [2.75, 3.05) is 57.4 Å². The Labute approximate surface area is 377 Å². The van der Waals surface area contributed by atoms with Gasteiger partial charge < -0.3 is 78.9 Å². The number of primary amides is 1. The van der Waals surface area contributed by atoms with E-state index in [1.807, 2.05) is 0 Å². The summed E-state index contributed by atoms with van der Waals surface area (Å²) in [5, 5.41) is 118. The van der Waals surface area contributed by atoms with E-state index in [1.54, 1.807) is 0 Å². The molecule has 0 radical (unpaired) electrons. The van der Waals surface area contributed by atoms with Gasteiger partial charge in [-0.3, -0.25) is 25.2 Å². The number of aliphatic hydroxyl groups excluding tert-OH is 10. The second-order valence-corrected chi connectivity index (χ2v) is 16.8. The molecule has 1 aromatic heterocycles. The molecule has 22 nitrogen and oxygen atoms in total. The van der Waals surface area contributed by atoms with Crippen LogP contribution in [0.4, 0.5) is 11.6 Å². The number of amides is 2. The number of nitrogens with zero attached hydrogens (tertiary/aromatic N) is 3. The quantitative estimate of drug-likeness (QED) is 0.0220. The first kappa shape index (κ1) is 54.5. The molecule has 0 saturated carbocycles. The Morgan fingerprint density at radius 2 is 1.34 bits per heavy atom. The summed E-state index contributed by atoms with van der Waals surface area (Å²) in [6, 6.07) is 3.51. The third-order valence-corrected chi connectivity index (χ3v) is 11.9. The number of unbranched alkanes of at least 4 members (excludes halogenated alkanes) is 1. The average molecular weight is 930 g/mol. The molecule has 64 heavy (non-hydrogen) atoms. The Kier molecular flexibility index (Phi) is 22.9. The first-order chi connectivity index (χ1) is 30.3. The number of fused-ring (bicyclic) bond motifs is 1. The molecule has 1 aliphatic carbocycles. The lowest BCUT2D eigenvalue weighted by Gasteiger charge is -2.34. The average Bonchev–Trinajstić information content (AvgIpc) is 3.27. The Morgan fingerprint density at radius 3 is 1.92 bits per heavy atom. The number of benzene rings is 1. The largest absolute Gasteiger partial charge is 0.394 e. The Hall–Kier alpha value is -3.88. The van der Waals surface area contributed by atoms with Crippen molar-refractivity contribution in [1.29, 1.82) is 5.41 Å². The summed E-state index contributed by atoms with van der Waals surface area (Å²) >= 11 is 5.85. The third-order valence-electron chi connectivity index (χ3n) is 11.6. The third kappa shape index (κ3) is 16.2. The van der Waals surface area contributed by atoms with Crippen LogP contribution in [0.25, 0.3) is 0 Å². The van der Waals surface area contributed by atoms with Gasteiger partial charge in [-0.15, -0.1) is 0 Å². The second kappa shape index (κ2) is 26.9. The minimum absolute atomic E-state index is 0.102. The fourth-order valence-electron chi connectivity index (χ4n) is 7.69. The lowest BCUT2D eigenvalue weighted by molar-refractivity contribution is -0.127. The van der Waals surface area contributed by atoms with Gasteiger partial charge in [-0.05, 0) is 99.6 Å². The van der Waals surface area contributed by atoms with E-state index in [0.717, 1.165) is 50.5 Å². The van der Waals surface area contributed by atoms with Crippen LogP contribution < -0.4 is 33.2 Å². The molecule has 0 aliphatic heterocycles. The zero-order valence-corrected chi connectivity index (χ0v) is 36.9. The lowest BCUT2D eigenvalue weighted by atomic mass is 9.82. The first-order valence-electron chi connectivity index (χ1n) is 21.6. The van der Waals surface area contributed by atoms with Crippen molar-refractivity contribution in [2.45, 2.75) is 126 Å². The van der Waals surface area contributed by atoms with E-state index < -0.39 is 85.8 Å². The van der Waals surface area contributed by atoms with Gasteiger partial charge in [0, 0.05) is 25.6 Å². The van der Waals surface area contributed by atoms with Crippen molar-refractivity contribution in [2.24, 2.45) is 11.7 Å². The van der Waals surface area contributed by atoms with Crippen molar-refractivity contribution in [3.8, 4) is 0 Å². The Morgan fingerprint density at radius 1 is 0.781 bits per heavy atom. The van der Waals surface area contributed by atoms with Crippen molar-refractivity contribution in [3.05, 3.63) is 45.2 Å². The van der Waals surface area contributed by atoms with E-state index in [1.165, 1.54) is 28.5 Å². The van der Waals surface area contributed by atoms with Gasteiger partial charge in [-0.1, -0.05) is 30.7 Å². The summed E-state index contributed by atoms with van der Waals surface area (Å²) in [6.45, 7) is -0.165. The van der Waals surface area contributed by atoms with E-state index in [4.69, 9.17) is 39.3 Å². The molecule has 20 N–H and O–H groups in total. The minimum Gasteiger partial charge on any atom is -0.394 e. The zero-order valence-electron chi connectivity index (χ0n) is 36.2. The van der Waals surface area contributed by atoms with Gasteiger partial charge in [0.15, 0.2) is 28.4 Å². The van der Waals surface area contributed by atoms with Gasteiger partial charge in [0.2, 0.25) is 5.91 Å². The molecule has 0 bridgehead atoms. The van der Waals surface area contributed by atoms with E-state index in [0.29, 0.717) is 25.8 Å². The van der Waals surface area contributed by atoms with Gasteiger partial charge >= 0.3 is 0 Å². The maximum atomic E-state index is 12.6. The van der Waals surface area contributed by atoms with E-state index in [-0.39, 0.29) is 54.6 Å². The molecule has 0 spiro atoms. The number of nitrogens with two attached hydrogens (primary N) is 3. The number of halogens is 1. The number of nitrogens with one attached hydrogen (secondary N) is 4. The maximum absolute atomic E-state index is 12.6. The monoisotopic (exact) mass is 928 g/mol. The molecule has 3 rings (SSSR count). The van der Waals surface area contributed by atoms with Crippen molar-refractivity contribution < 1.29 is 60.7 Å². The minimum atomic E-state index is -1.90. The van der Waals surface area contributed by atoms with Crippen LogP contribution in [0.3, 0.4) is 0 Å². The molecule has 1 aliphatic rings. The molecule has 362 valence electrons. The number of aromatic nitrogens is 2. The summed E-state index contributed by atoms with van der Waals surface area (Å²) in [7, 11) is 0. The fourth-order valence-corrected chi connectivity index (χ4v) is 7.81. The summed E-state index contributed by atoms with van der Waals surface area (Å²) < 4.78 is 0. The highest BCUT2D eigenvalue weighted by Crippen LogP contribution is 2.30. The Balaban J connectivity index is 1.56. The number of carbonyl (C=O) groups excluding carboxylic acids is 2. The smallest absolute Gasteiger partial charge is 0.280 e. The molecule has 1 heterocycles. The first-order valence-corrected chi connectivity index (χ1v) is 21.9. The van der Waals surface area contributed by atoms with Crippen LogP contribution in [0.15, 0.2) is 12.1 Å². The second-order valence-electron chi connectivity index (χ2n) is 16.4. The summed E-state index contributed by atoms with van der Waals surface area (Å²) in [5.41, 5.74) is 21.8. The summed E-state index contributed by atoms with van der Waals surface area (Å²) in [6.07, 6.45) is -6.11. The zero-order chi connectivity index (χ0) is 47.7. The van der Waals surface area contributed by atoms with Crippen LogP contribution in [0.5, 0.6) is 0 Å². The highest BCUT2D eigenvalue weighted by Gasteiger charge is 2.35. The summed E-state index contributed by atoms with van der Waals surface area (Å²) in [4.78, 5) is 34.1. The number of carbonyl (C=O) groups is 2. The van der Waals surface area contributed by atoms with Crippen LogP contribution in [0.1, 0.15) is 78.2 Å². The maximum Gasteiger partial charge on any atom is 0.280 e. The van der Waals surface area contributed by atoms with Gasteiger partial charge in [-0.2, -0.15) is 0 Å². The SMILES string of the molecule is C[C@@H]([C@@H](O)[C@H](O)[C@@H](O)CN(CCCN[C@@H](CCc1ccc(CCCCNC(=N)NC(=O)c2nc(Cl)c(N)nc2N)c2c1CCCC2)C(N)=O)C[C@H](O)[C@@H](O)[C@H](O)[C@H](O)CO)[C@H](O)CO. The van der Waals surface area contributed by atoms with E-state index >= 15 is 0 Å². The van der Waals surface area contributed by atoms with Gasteiger partial charge in [0.05, 0.1) is 43.7 Å². The molecule has 2 amide bonds. The molecule has 0 saturated heterocycles. The summed E-state index contributed by atoms with van der Waals surface area (Å²) in [5.74, 6) is -2.87. The number of aryl methyl sites for hydroxylation is 2. The van der Waals surface area contributed by atoms with Crippen molar-refractivity contribution in [3.63, 3.8) is 0 Å². The van der Waals surface area contributed by atoms with Crippen LogP contribution in [-0.4, -0.2) is 185 Å². The van der Waals surface area contributed by atoms with Crippen molar-refractivity contribution >= 4 is 41.0 Å². The number of aliphatic hydroxyl groups is 10. The lowest BCUT2D eigenvalue weighted by Crippen LogP contribution is -2.53. The number of hydrogen-bond donors (Lipinski definition) is 17. The van der Waals surface area contributed by atoms with Crippen LogP contribution in [0.2, 0.25) is 5.15 Å². The molecule has 0 unspecified atom stereocenters. The number of rotatable bonds is 28. The predicted molar refractivity (Wildman–Crippen MR) is 237 cm³/mol. The number of anilines is 2. The normalized spacial score (nSPS) is 17.6. The molecule has 1 aromatic carbocycles. The predicted octanol–water partition coefficient (Wildman–Crippen LogP) is -3.97. The van der Waals surface area contributed by atoms with Crippen LogP contribution in [-0.2, 0) is 30.5 Å². The van der Waals surface area contributed by atoms with Crippen LogP contribution >= 0.6 is 11.6 Å². The standard InChI is InChI=1S/C41H69ClN10O12/c1-21(29(57)19-53)32(59)33(60)27(55)17-52(18-28(56)34(61)35(62)30(58)20-54)16-6-15-47-26(39(45)63)13-12-23-11-10-22(24-8-2-3-9-25(23)24)7-4-5-14-48-41(46)51-40(64)31-37(43)50-38(44)36(42)49-31/h10-11,21,26-30,32-35,47,53-62H,2-9,12-20H2,1H3,(H2,45,63)(H4,43,44,50)(H3,46,48,51,64)/t21-,26+,27+,28+,29-,30-,32-,33-,34-,35-/m1/s1. The molecular formula is C41H69ClN10O12. The highest BCUT2D eigenvalue weighted by atomic mass is 35.5. The molecule has 0 fully saturated rings. The van der Waals surface area contributed by atoms with Gasteiger partial charge in [-0.25, -0.2) is 9.97 Å². The highest BCUT2D eigenvalue weighted by molar-refractivity contribution is 6.31. The molecule has 2 aromatic rings. The molecule has 23 heteroatoms. The van der Waals surface area contributed by atoms with Gasteiger partial charge in [0.1, 0.15) is 24.4 Å². The molecule has 10 atom stereocenters. The number of nitrogen functional groups attached to an aromatic ring is 2. The number of hydrogen-bond acceptors (Lipinski definition) is 19. The van der Waals surface area contributed by atoms with Crippen LogP contribution in [0, 0.1) is 11.3 Å². The van der Waals surface area contributed by atoms with E-state index in [2.05, 4.69) is 38.1 Å². The molecular weight excluding hydrogens is 860 g/mol. The fraction of sp³-hybridized carbons (Fsp3) is 0.683.